The van der Waals surface area contributed by atoms with Gasteiger partial charge in [-0.3, -0.25) is 4.79 Å². The van der Waals surface area contributed by atoms with E-state index >= 15 is 0 Å². The number of ether oxygens (including phenoxy) is 1. The van der Waals surface area contributed by atoms with Gasteiger partial charge in [0, 0.05) is 21.2 Å². The molecule has 0 aliphatic carbocycles. The van der Waals surface area contributed by atoms with Gasteiger partial charge in [-0.25, -0.2) is 9.78 Å². The Morgan fingerprint density at radius 1 is 1.22 bits per heavy atom. The molecule has 4 aromatic heterocycles. The van der Waals surface area contributed by atoms with E-state index in [0.717, 1.165) is 32.9 Å². The molecular weight excluding hydrogens is 489 g/mol. The second-order valence-corrected chi connectivity index (χ2v) is 10.2. The van der Waals surface area contributed by atoms with E-state index in [1.54, 1.807) is 18.3 Å². The molecule has 0 aliphatic heterocycles. The number of rotatable bonds is 9. The first kappa shape index (κ1) is 22.6. The van der Waals surface area contributed by atoms with Crippen molar-refractivity contribution in [3.05, 3.63) is 50.4 Å². The molecule has 8 nitrogen and oxygen atoms in total. The number of hydrogen-bond acceptors (Lipinski definition) is 11. The highest BCUT2D eigenvalue weighted by atomic mass is 32.2. The molecule has 0 saturated heterocycles. The van der Waals surface area contributed by atoms with Crippen molar-refractivity contribution in [2.45, 2.75) is 25.5 Å². The van der Waals surface area contributed by atoms with Crippen molar-refractivity contribution >= 4 is 62.6 Å². The second kappa shape index (κ2) is 10.4. The molecule has 12 heteroatoms. The number of carbonyl (C=O) groups is 2. The molecule has 0 unspecified atom stereocenters. The van der Waals surface area contributed by atoms with Crippen molar-refractivity contribution in [3.8, 4) is 10.4 Å². The molecule has 0 atom stereocenters. The smallest absolute Gasteiger partial charge is 0.341 e. The van der Waals surface area contributed by atoms with Crippen LogP contribution < -0.4 is 5.32 Å². The largest absolute Gasteiger partial charge is 0.462 e. The summed E-state index contributed by atoms with van der Waals surface area (Å²) in [6, 6.07) is 3.84. The summed E-state index contributed by atoms with van der Waals surface area (Å²) in [7, 11) is 0. The minimum Gasteiger partial charge on any atom is -0.462 e. The SMILES string of the molecule is CCOC(=O)c1c(-c2cccs2)csc1NC(=O)CSc1nnc(Cc2csc(C)n2)o1. The molecule has 0 aliphatic rings. The summed E-state index contributed by atoms with van der Waals surface area (Å²) in [5.41, 5.74) is 2.00. The van der Waals surface area contributed by atoms with E-state index in [1.165, 1.54) is 22.7 Å². The van der Waals surface area contributed by atoms with Gasteiger partial charge in [-0.2, -0.15) is 0 Å². The number of aryl methyl sites for hydroxylation is 1. The number of thiazole rings is 1. The van der Waals surface area contributed by atoms with Gasteiger partial charge < -0.3 is 14.5 Å². The summed E-state index contributed by atoms with van der Waals surface area (Å²) in [6.07, 6.45) is 0.452. The lowest BCUT2D eigenvalue weighted by molar-refractivity contribution is -0.113. The molecular formula is C20H18N4O4S4. The number of thioether (sulfide) groups is 1. The van der Waals surface area contributed by atoms with Crippen molar-refractivity contribution in [1.82, 2.24) is 15.2 Å². The van der Waals surface area contributed by atoms with Crippen molar-refractivity contribution in [2.75, 3.05) is 17.7 Å². The molecule has 0 aromatic carbocycles. The fraction of sp³-hybridized carbons (Fsp3) is 0.250. The maximum atomic E-state index is 12.6. The molecule has 0 spiro atoms. The third kappa shape index (κ3) is 5.44. The van der Waals surface area contributed by atoms with Gasteiger partial charge in [0.15, 0.2) is 0 Å². The van der Waals surface area contributed by atoms with E-state index in [9.17, 15) is 9.59 Å². The molecule has 4 rings (SSSR count). The zero-order chi connectivity index (χ0) is 22.5. The maximum absolute atomic E-state index is 12.6. The molecule has 32 heavy (non-hydrogen) atoms. The standard InChI is InChI=1S/C20H18N4O4S4/c1-3-27-19(26)17-13(14-5-4-6-29-14)9-31-18(17)22-15(25)10-32-20-24-23-16(28-20)7-12-8-30-11(2)21-12/h4-6,8-9H,3,7,10H2,1-2H3,(H,22,25). The van der Waals surface area contributed by atoms with Crippen molar-refractivity contribution in [3.63, 3.8) is 0 Å². The Labute approximate surface area is 200 Å². The number of nitrogens with zero attached hydrogens (tertiary/aromatic N) is 3. The summed E-state index contributed by atoms with van der Waals surface area (Å²) in [6.45, 7) is 3.94. The van der Waals surface area contributed by atoms with E-state index in [1.807, 2.05) is 35.2 Å². The Balaban J connectivity index is 1.39. The molecule has 166 valence electrons. The number of carbonyl (C=O) groups excluding carboxylic acids is 2. The molecule has 0 radical (unpaired) electrons. The van der Waals surface area contributed by atoms with Gasteiger partial charge in [0.2, 0.25) is 11.8 Å². The van der Waals surface area contributed by atoms with Crippen LogP contribution in [0, 0.1) is 6.92 Å². The third-order valence-corrected chi connectivity index (χ3v) is 7.52. The lowest BCUT2D eigenvalue weighted by Gasteiger charge is -2.07. The van der Waals surface area contributed by atoms with Crippen molar-refractivity contribution in [2.24, 2.45) is 0 Å². The number of nitrogens with one attached hydrogen (secondary N) is 1. The maximum Gasteiger partial charge on any atom is 0.341 e. The molecule has 0 saturated carbocycles. The molecule has 1 amide bonds. The molecule has 0 fully saturated rings. The predicted molar refractivity (Wildman–Crippen MR) is 127 cm³/mol. The van der Waals surface area contributed by atoms with Crippen LogP contribution in [0.5, 0.6) is 0 Å². The number of thiophene rings is 2. The van der Waals surface area contributed by atoms with Gasteiger partial charge in [-0.1, -0.05) is 17.8 Å². The quantitative estimate of drug-likeness (QED) is 0.246. The van der Waals surface area contributed by atoms with Gasteiger partial charge in [0.25, 0.3) is 5.22 Å². The average molecular weight is 507 g/mol. The molecule has 0 bridgehead atoms. The fourth-order valence-corrected chi connectivity index (χ4v) is 5.75. The van der Waals surface area contributed by atoms with Crippen LogP contribution in [-0.4, -0.2) is 39.4 Å². The van der Waals surface area contributed by atoms with Gasteiger partial charge >= 0.3 is 5.97 Å². The van der Waals surface area contributed by atoms with Crippen LogP contribution in [0.15, 0.2) is 37.9 Å². The molecule has 4 heterocycles. The lowest BCUT2D eigenvalue weighted by Crippen LogP contribution is -2.16. The Morgan fingerprint density at radius 2 is 2.09 bits per heavy atom. The Kier molecular flexibility index (Phi) is 7.35. The van der Waals surface area contributed by atoms with Gasteiger partial charge in [-0.15, -0.1) is 44.2 Å². The highest BCUT2D eigenvalue weighted by Crippen LogP contribution is 2.38. The zero-order valence-corrected chi connectivity index (χ0v) is 20.4. The van der Waals surface area contributed by atoms with Crippen molar-refractivity contribution < 1.29 is 18.7 Å². The summed E-state index contributed by atoms with van der Waals surface area (Å²) >= 11 is 5.51. The van der Waals surface area contributed by atoms with Crippen LogP contribution in [0.25, 0.3) is 10.4 Å². The Morgan fingerprint density at radius 3 is 2.81 bits per heavy atom. The average Bonchev–Trinajstić information content (AvgIpc) is 3.55. The fourth-order valence-electron chi connectivity index (χ4n) is 2.77. The number of aromatic nitrogens is 3. The first-order chi connectivity index (χ1) is 15.5. The van der Waals surface area contributed by atoms with Gasteiger partial charge in [0.1, 0.15) is 10.6 Å². The van der Waals surface area contributed by atoms with Crippen LogP contribution in [0.4, 0.5) is 5.00 Å². The van der Waals surface area contributed by atoms with Crippen LogP contribution in [0.3, 0.4) is 0 Å². The van der Waals surface area contributed by atoms with E-state index < -0.39 is 5.97 Å². The van der Waals surface area contributed by atoms with Crippen LogP contribution >= 0.6 is 45.8 Å². The van der Waals surface area contributed by atoms with Gasteiger partial charge in [0.05, 0.1) is 29.5 Å². The number of hydrogen-bond donors (Lipinski definition) is 1. The minimum atomic E-state index is -0.459. The second-order valence-electron chi connectivity index (χ2n) is 6.38. The van der Waals surface area contributed by atoms with E-state index in [2.05, 4.69) is 20.5 Å². The Bertz CT molecular complexity index is 1210. The monoisotopic (exact) mass is 506 g/mol. The highest BCUT2D eigenvalue weighted by Gasteiger charge is 2.23. The van der Waals surface area contributed by atoms with E-state index in [-0.39, 0.29) is 18.3 Å². The van der Waals surface area contributed by atoms with E-state index in [0.29, 0.717) is 28.1 Å². The van der Waals surface area contributed by atoms with Crippen LogP contribution in [-0.2, 0) is 16.0 Å². The highest BCUT2D eigenvalue weighted by molar-refractivity contribution is 7.99. The molecule has 4 aromatic rings. The summed E-state index contributed by atoms with van der Waals surface area (Å²) in [5, 5.41) is 18.3. The third-order valence-electron chi connectivity index (χ3n) is 4.08. The van der Waals surface area contributed by atoms with Crippen LogP contribution in [0.2, 0.25) is 0 Å². The normalized spacial score (nSPS) is 10.9. The predicted octanol–water partition coefficient (Wildman–Crippen LogP) is 5.12. The summed E-state index contributed by atoms with van der Waals surface area (Å²) < 4.78 is 10.8. The first-order valence-electron chi connectivity index (χ1n) is 9.52. The number of esters is 1. The summed E-state index contributed by atoms with van der Waals surface area (Å²) in [5.74, 6) is -0.234. The zero-order valence-electron chi connectivity index (χ0n) is 17.1. The Hall–Kier alpha value is -2.54. The summed E-state index contributed by atoms with van der Waals surface area (Å²) in [4.78, 5) is 30.4. The lowest BCUT2D eigenvalue weighted by atomic mass is 10.1. The van der Waals surface area contributed by atoms with Gasteiger partial charge in [-0.05, 0) is 25.3 Å². The topological polar surface area (TPSA) is 107 Å². The molecule has 1 N–H and O–H groups in total. The number of anilines is 1. The number of amides is 1. The van der Waals surface area contributed by atoms with Crippen LogP contribution in [0.1, 0.15) is 33.9 Å². The van der Waals surface area contributed by atoms with E-state index in [4.69, 9.17) is 9.15 Å². The van der Waals surface area contributed by atoms with Crippen molar-refractivity contribution in [1.29, 1.82) is 0 Å². The minimum absolute atomic E-state index is 0.0615. The first-order valence-corrected chi connectivity index (χ1v) is 13.1.